The number of morpholine rings is 1. The maximum Gasteiger partial charge on any atom is 0.312 e. The van der Waals surface area contributed by atoms with Crippen molar-refractivity contribution in [2.75, 3.05) is 57.4 Å². The van der Waals surface area contributed by atoms with Crippen molar-refractivity contribution < 1.29 is 18.7 Å². The van der Waals surface area contributed by atoms with E-state index in [9.17, 15) is 14.9 Å². The molecular weight excluding hydrogens is 410 g/mol. The van der Waals surface area contributed by atoms with Gasteiger partial charge in [0.15, 0.2) is 5.76 Å². The number of nitrogens with zero attached hydrogens (tertiary/aromatic N) is 5. The number of carbonyl (C=O) groups is 2. The second-order valence-electron chi connectivity index (χ2n) is 8.24. The van der Waals surface area contributed by atoms with Gasteiger partial charge in [-0.1, -0.05) is 0 Å². The minimum atomic E-state index is -0.467. The Morgan fingerprint density at radius 3 is 2.31 bits per heavy atom. The molecule has 0 spiro atoms. The molecule has 0 atom stereocenters. The summed E-state index contributed by atoms with van der Waals surface area (Å²) in [6, 6.07) is 6.11. The molecule has 0 aromatic carbocycles. The number of hydrogen-bond donors (Lipinski definition) is 0. The normalized spacial score (nSPS) is 18.4. The van der Waals surface area contributed by atoms with Crippen molar-refractivity contribution in [1.29, 1.82) is 5.26 Å². The zero-order chi connectivity index (χ0) is 22.1. The van der Waals surface area contributed by atoms with E-state index in [1.165, 1.54) is 0 Å². The Morgan fingerprint density at radius 1 is 0.969 bits per heavy atom. The monoisotopic (exact) mass is 435 g/mol. The lowest BCUT2D eigenvalue weighted by Gasteiger charge is -2.37. The number of ether oxygens (including phenoxy) is 1. The van der Waals surface area contributed by atoms with Gasteiger partial charge in [-0.3, -0.25) is 9.59 Å². The highest BCUT2D eigenvalue weighted by molar-refractivity contribution is 6.35. The van der Waals surface area contributed by atoms with Gasteiger partial charge in [0.05, 0.1) is 25.0 Å². The number of piperazine rings is 1. The molecule has 9 nitrogen and oxygen atoms in total. The molecule has 0 N–H and O–H groups in total. The molecule has 2 aromatic heterocycles. The van der Waals surface area contributed by atoms with Crippen LogP contribution in [0.5, 0.6) is 0 Å². The zero-order valence-electron chi connectivity index (χ0n) is 17.9. The first kappa shape index (κ1) is 20.5. The summed E-state index contributed by atoms with van der Waals surface area (Å²) in [6.07, 6.45) is 4.37. The van der Waals surface area contributed by atoms with Crippen molar-refractivity contribution in [3.8, 4) is 17.5 Å². The molecule has 5 rings (SSSR count). The molecule has 2 amide bonds. The van der Waals surface area contributed by atoms with Crippen LogP contribution in [0.1, 0.15) is 23.1 Å². The van der Waals surface area contributed by atoms with Crippen LogP contribution in [0.2, 0.25) is 0 Å². The van der Waals surface area contributed by atoms with Crippen LogP contribution in [0.4, 0.5) is 5.82 Å². The van der Waals surface area contributed by atoms with Crippen LogP contribution >= 0.6 is 0 Å². The standard InChI is InChI=1S/C23H25N5O4/c24-15-18-16-3-1-4-17(16)20(19-5-2-12-32-19)25-21(18)26-6-8-27(9-7-26)22(29)23(30)28-10-13-31-14-11-28/h2,5,12H,1,3-4,6-11,13-14H2. The van der Waals surface area contributed by atoms with Gasteiger partial charge in [-0.25, -0.2) is 4.98 Å². The number of hydrogen-bond acceptors (Lipinski definition) is 7. The second-order valence-corrected chi connectivity index (χ2v) is 8.24. The Hall–Kier alpha value is -3.38. The SMILES string of the molecule is N#Cc1c(N2CCN(C(=O)C(=O)N3CCOCC3)CC2)nc(-c2ccco2)c2c1CCC2. The smallest absolute Gasteiger partial charge is 0.312 e. The molecule has 0 unspecified atom stereocenters. The van der Waals surface area contributed by atoms with Crippen LogP contribution in [0, 0.1) is 11.3 Å². The molecule has 3 aliphatic rings. The molecular formula is C23H25N5O4. The Morgan fingerprint density at radius 2 is 1.66 bits per heavy atom. The first-order chi connectivity index (χ1) is 15.7. The first-order valence-electron chi connectivity index (χ1n) is 11.1. The van der Waals surface area contributed by atoms with Crippen molar-refractivity contribution in [3.63, 3.8) is 0 Å². The van der Waals surface area contributed by atoms with E-state index in [-0.39, 0.29) is 0 Å². The van der Waals surface area contributed by atoms with Gasteiger partial charge in [-0.2, -0.15) is 5.26 Å². The van der Waals surface area contributed by atoms with Crippen molar-refractivity contribution in [2.45, 2.75) is 19.3 Å². The Kier molecular flexibility index (Phi) is 5.53. The highest BCUT2D eigenvalue weighted by atomic mass is 16.5. The lowest BCUT2D eigenvalue weighted by atomic mass is 10.0. The van der Waals surface area contributed by atoms with Crippen LogP contribution in [-0.4, -0.2) is 79.1 Å². The van der Waals surface area contributed by atoms with Crippen LogP contribution in [-0.2, 0) is 27.2 Å². The van der Waals surface area contributed by atoms with Gasteiger partial charge in [-0.05, 0) is 42.5 Å². The Bertz CT molecular complexity index is 1060. The number of aromatic nitrogens is 1. The number of nitriles is 1. The molecule has 2 aromatic rings. The van der Waals surface area contributed by atoms with E-state index >= 15 is 0 Å². The average Bonchev–Trinajstić information content (AvgIpc) is 3.55. The molecule has 2 aliphatic heterocycles. The molecule has 4 heterocycles. The fraction of sp³-hybridized carbons (Fsp3) is 0.478. The lowest BCUT2D eigenvalue weighted by Crippen LogP contribution is -2.55. The molecule has 2 saturated heterocycles. The first-order valence-corrected chi connectivity index (χ1v) is 11.1. The zero-order valence-corrected chi connectivity index (χ0v) is 17.9. The van der Waals surface area contributed by atoms with E-state index in [1.807, 2.05) is 17.0 Å². The summed E-state index contributed by atoms with van der Waals surface area (Å²) < 4.78 is 10.9. The van der Waals surface area contributed by atoms with Crippen molar-refractivity contribution in [3.05, 3.63) is 35.1 Å². The highest BCUT2D eigenvalue weighted by Crippen LogP contribution is 2.37. The number of carbonyl (C=O) groups excluding carboxylic acids is 2. The van der Waals surface area contributed by atoms with Gasteiger partial charge in [-0.15, -0.1) is 0 Å². The van der Waals surface area contributed by atoms with E-state index in [1.54, 1.807) is 16.1 Å². The third-order valence-corrected chi connectivity index (χ3v) is 6.46. The highest BCUT2D eigenvalue weighted by Gasteiger charge is 2.33. The largest absolute Gasteiger partial charge is 0.463 e. The Balaban J connectivity index is 1.36. The maximum absolute atomic E-state index is 12.7. The van der Waals surface area contributed by atoms with E-state index in [0.29, 0.717) is 69.6 Å². The van der Waals surface area contributed by atoms with E-state index in [0.717, 1.165) is 36.1 Å². The summed E-state index contributed by atoms with van der Waals surface area (Å²) in [7, 11) is 0. The fourth-order valence-electron chi connectivity index (χ4n) is 4.77. The number of furan rings is 1. The summed E-state index contributed by atoms with van der Waals surface area (Å²) >= 11 is 0. The van der Waals surface area contributed by atoms with Gasteiger partial charge < -0.3 is 23.9 Å². The summed E-state index contributed by atoms with van der Waals surface area (Å²) in [5, 5.41) is 9.93. The van der Waals surface area contributed by atoms with Crippen LogP contribution < -0.4 is 4.90 Å². The van der Waals surface area contributed by atoms with Gasteiger partial charge >= 0.3 is 11.8 Å². The Labute approximate surface area is 186 Å². The van der Waals surface area contributed by atoms with E-state index in [2.05, 4.69) is 6.07 Å². The van der Waals surface area contributed by atoms with Crippen LogP contribution in [0.15, 0.2) is 22.8 Å². The van der Waals surface area contributed by atoms with Gasteiger partial charge in [0.25, 0.3) is 0 Å². The average molecular weight is 435 g/mol. The lowest BCUT2D eigenvalue weighted by molar-refractivity contribution is -0.154. The summed E-state index contributed by atoms with van der Waals surface area (Å²) in [5.41, 5.74) is 3.59. The summed E-state index contributed by atoms with van der Waals surface area (Å²) in [4.78, 5) is 35.4. The predicted octanol–water partition coefficient (Wildman–Crippen LogP) is 1.21. The molecule has 0 radical (unpaired) electrons. The summed E-state index contributed by atoms with van der Waals surface area (Å²) in [6.45, 7) is 3.68. The van der Waals surface area contributed by atoms with Crippen molar-refractivity contribution in [1.82, 2.24) is 14.8 Å². The number of pyridine rings is 1. The number of rotatable bonds is 2. The maximum atomic E-state index is 12.7. The molecule has 9 heteroatoms. The van der Waals surface area contributed by atoms with E-state index in [4.69, 9.17) is 14.1 Å². The molecule has 2 fully saturated rings. The number of fused-ring (bicyclic) bond motifs is 1. The predicted molar refractivity (Wildman–Crippen MR) is 115 cm³/mol. The van der Waals surface area contributed by atoms with Gasteiger partial charge in [0, 0.05) is 39.3 Å². The third-order valence-electron chi connectivity index (χ3n) is 6.46. The van der Waals surface area contributed by atoms with Crippen LogP contribution in [0.3, 0.4) is 0 Å². The minimum absolute atomic E-state index is 0.411. The molecule has 0 bridgehead atoms. The topological polar surface area (TPSA) is 103 Å². The summed E-state index contributed by atoms with van der Waals surface area (Å²) in [5.74, 6) is 0.422. The number of anilines is 1. The molecule has 32 heavy (non-hydrogen) atoms. The van der Waals surface area contributed by atoms with Crippen LogP contribution in [0.25, 0.3) is 11.5 Å². The minimum Gasteiger partial charge on any atom is -0.463 e. The second kappa shape index (κ2) is 8.63. The van der Waals surface area contributed by atoms with E-state index < -0.39 is 11.8 Å². The number of amides is 2. The van der Waals surface area contributed by atoms with Gasteiger partial charge in [0.2, 0.25) is 0 Å². The molecule has 0 saturated carbocycles. The molecule has 166 valence electrons. The van der Waals surface area contributed by atoms with Crippen molar-refractivity contribution in [2.24, 2.45) is 0 Å². The quantitative estimate of drug-likeness (QED) is 0.653. The fourth-order valence-corrected chi connectivity index (χ4v) is 4.77. The van der Waals surface area contributed by atoms with Gasteiger partial charge in [0.1, 0.15) is 17.6 Å². The third kappa shape index (κ3) is 3.60. The molecule has 1 aliphatic carbocycles. The van der Waals surface area contributed by atoms with Crippen molar-refractivity contribution >= 4 is 17.6 Å².